The van der Waals surface area contributed by atoms with Gasteiger partial charge in [-0.3, -0.25) is 4.79 Å². The molecule has 0 saturated carbocycles. The molecule has 0 radical (unpaired) electrons. The first-order chi connectivity index (χ1) is 11.1. The molecular weight excluding hydrogens is 292 g/mol. The zero-order valence-electron chi connectivity index (χ0n) is 14.6. The Morgan fingerprint density at radius 1 is 1.17 bits per heavy atom. The first kappa shape index (κ1) is 19.0. The van der Waals surface area contributed by atoms with Crippen LogP contribution in [0.3, 0.4) is 0 Å². The second-order valence-corrected chi connectivity index (χ2v) is 5.12. The Labute approximate surface area is 139 Å². The van der Waals surface area contributed by atoms with Gasteiger partial charge in [-0.15, -0.1) is 0 Å². The molecule has 0 aliphatic heterocycles. The van der Waals surface area contributed by atoms with Gasteiger partial charge in [0.2, 0.25) is 5.91 Å². The molecule has 128 valence electrons. The van der Waals surface area contributed by atoms with Crippen LogP contribution in [0.2, 0.25) is 0 Å². The summed E-state index contributed by atoms with van der Waals surface area (Å²) in [4.78, 5) is 14.1. The number of methoxy groups -OCH3 is 2. The maximum Gasteiger partial charge on any atom is 0.243 e. The maximum atomic E-state index is 11.8. The lowest BCUT2D eigenvalue weighted by atomic mass is 10.2. The quantitative estimate of drug-likeness (QED) is 0.532. The summed E-state index contributed by atoms with van der Waals surface area (Å²) < 4.78 is 10.4. The second-order valence-electron chi connectivity index (χ2n) is 5.12. The van der Waals surface area contributed by atoms with Gasteiger partial charge in [0.25, 0.3) is 0 Å². The third kappa shape index (κ3) is 6.74. The van der Waals surface area contributed by atoms with Crippen LogP contribution in [0.4, 0.5) is 0 Å². The molecule has 0 bridgehead atoms. The summed E-state index contributed by atoms with van der Waals surface area (Å²) in [6.45, 7) is 8.08. The standard InChI is InChI=1S/C18H28N2O3/c1-5-20(6-2)13-7-12-19-18(21)11-9-15-8-10-16(22-3)17(14-15)23-4/h8-11,14H,5-7,12-13H2,1-4H3,(H,19,21)/b11-9+. The molecule has 0 heterocycles. The second kappa shape index (κ2) is 10.7. The van der Waals surface area contributed by atoms with E-state index in [1.165, 1.54) is 0 Å². The van der Waals surface area contributed by atoms with Crippen molar-refractivity contribution < 1.29 is 14.3 Å². The van der Waals surface area contributed by atoms with E-state index < -0.39 is 0 Å². The van der Waals surface area contributed by atoms with Gasteiger partial charge in [-0.2, -0.15) is 0 Å². The molecule has 23 heavy (non-hydrogen) atoms. The van der Waals surface area contributed by atoms with Gasteiger partial charge in [0, 0.05) is 12.6 Å². The number of nitrogens with zero attached hydrogens (tertiary/aromatic N) is 1. The topological polar surface area (TPSA) is 50.8 Å². The lowest BCUT2D eigenvalue weighted by Gasteiger charge is -2.17. The molecule has 1 rings (SSSR count). The average molecular weight is 320 g/mol. The van der Waals surface area contributed by atoms with Crippen molar-refractivity contribution in [3.05, 3.63) is 29.8 Å². The highest BCUT2D eigenvalue weighted by molar-refractivity contribution is 5.91. The molecule has 0 aliphatic rings. The van der Waals surface area contributed by atoms with E-state index in [0.717, 1.165) is 31.6 Å². The van der Waals surface area contributed by atoms with E-state index in [0.29, 0.717) is 18.0 Å². The number of ether oxygens (including phenoxy) is 2. The largest absolute Gasteiger partial charge is 0.493 e. The van der Waals surface area contributed by atoms with Crippen LogP contribution >= 0.6 is 0 Å². The fraction of sp³-hybridized carbons (Fsp3) is 0.500. The third-order valence-corrected chi connectivity index (χ3v) is 3.68. The van der Waals surface area contributed by atoms with Crippen LogP contribution in [0.5, 0.6) is 11.5 Å². The van der Waals surface area contributed by atoms with Gasteiger partial charge < -0.3 is 19.7 Å². The molecular formula is C18H28N2O3. The first-order valence-corrected chi connectivity index (χ1v) is 8.04. The van der Waals surface area contributed by atoms with Crippen molar-refractivity contribution in [3.8, 4) is 11.5 Å². The van der Waals surface area contributed by atoms with E-state index in [4.69, 9.17) is 9.47 Å². The summed E-state index contributed by atoms with van der Waals surface area (Å²) in [6.07, 6.45) is 4.26. The van der Waals surface area contributed by atoms with Crippen LogP contribution in [0.1, 0.15) is 25.8 Å². The van der Waals surface area contributed by atoms with Gasteiger partial charge in [-0.25, -0.2) is 0 Å². The van der Waals surface area contributed by atoms with Crippen molar-refractivity contribution in [2.24, 2.45) is 0 Å². The molecule has 0 spiro atoms. The van der Waals surface area contributed by atoms with Crippen LogP contribution in [0.15, 0.2) is 24.3 Å². The summed E-state index contributed by atoms with van der Waals surface area (Å²) in [5.74, 6) is 1.24. The van der Waals surface area contributed by atoms with Crippen LogP contribution in [-0.2, 0) is 4.79 Å². The minimum atomic E-state index is -0.0840. The number of hydrogen-bond acceptors (Lipinski definition) is 4. The van der Waals surface area contributed by atoms with Gasteiger partial charge >= 0.3 is 0 Å². The van der Waals surface area contributed by atoms with E-state index in [-0.39, 0.29) is 5.91 Å². The average Bonchev–Trinajstić information content (AvgIpc) is 2.59. The van der Waals surface area contributed by atoms with Gasteiger partial charge in [0.05, 0.1) is 14.2 Å². The lowest BCUT2D eigenvalue weighted by Crippen LogP contribution is -2.29. The summed E-state index contributed by atoms with van der Waals surface area (Å²) in [7, 11) is 3.19. The molecule has 1 aromatic carbocycles. The van der Waals surface area contributed by atoms with Crippen molar-refractivity contribution in [3.63, 3.8) is 0 Å². The predicted molar refractivity (Wildman–Crippen MR) is 94.0 cm³/mol. The van der Waals surface area contributed by atoms with Crippen molar-refractivity contribution in [1.82, 2.24) is 10.2 Å². The Morgan fingerprint density at radius 2 is 1.87 bits per heavy atom. The van der Waals surface area contributed by atoms with E-state index in [2.05, 4.69) is 24.1 Å². The summed E-state index contributed by atoms with van der Waals surface area (Å²) in [6, 6.07) is 5.54. The highest BCUT2D eigenvalue weighted by atomic mass is 16.5. The molecule has 5 heteroatoms. The van der Waals surface area contributed by atoms with Crippen molar-refractivity contribution >= 4 is 12.0 Å². The van der Waals surface area contributed by atoms with Crippen molar-refractivity contribution in [2.45, 2.75) is 20.3 Å². The zero-order valence-corrected chi connectivity index (χ0v) is 14.6. The molecule has 0 fully saturated rings. The number of amides is 1. The Bertz CT molecular complexity index is 511. The summed E-state index contributed by atoms with van der Waals surface area (Å²) in [5.41, 5.74) is 0.890. The third-order valence-electron chi connectivity index (χ3n) is 3.68. The van der Waals surface area contributed by atoms with Crippen molar-refractivity contribution in [2.75, 3.05) is 40.4 Å². The lowest BCUT2D eigenvalue weighted by molar-refractivity contribution is -0.116. The molecule has 5 nitrogen and oxygen atoms in total. The summed E-state index contributed by atoms with van der Waals surface area (Å²) >= 11 is 0. The first-order valence-electron chi connectivity index (χ1n) is 8.04. The molecule has 1 amide bonds. The van der Waals surface area contributed by atoms with Crippen LogP contribution in [0, 0.1) is 0 Å². The number of carbonyl (C=O) groups excluding carboxylic acids is 1. The minimum absolute atomic E-state index is 0.0840. The molecule has 0 unspecified atom stereocenters. The van der Waals surface area contributed by atoms with Crippen LogP contribution < -0.4 is 14.8 Å². The molecule has 0 aliphatic carbocycles. The number of nitrogens with one attached hydrogen (secondary N) is 1. The van der Waals surface area contributed by atoms with Crippen molar-refractivity contribution in [1.29, 1.82) is 0 Å². The Morgan fingerprint density at radius 3 is 2.48 bits per heavy atom. The Balaban J connectivity index is 2.43. The number of benzene rings is 1. The molecule has 1 N–H and O–H groups in total. The molecule has 1 aromatic rings. The Kier molecular flexibility index (Phi) is 8.83. The fourth-order valence-electron chi connectivity index (χ4n) is 2.24. The van der Waals surface area contributed by atoms with Gasteiger partial charge in [0.1, 0.15) is 0 Å². The molecule has 0 saturated heterocycles. The molecule has 0 aromatic heterocycles. The monoisotopic (exact) mass is 320 g/mol. The minimum Gasteiger partial charge on any atom is -0.493 e. The normalized spacial score (nSPS) is 11.0. The van der Waals surface area contributed by atoms with Gasteiger partial charge in [-0.1, -0.05) is 19.9 Å². The smallest absolute Gasteiger partial charge is 0.243 e. The highest BCUT2D eigenvalue weighted by Gasteiger charge is 2.03. The van der Waals surface area contributed by atoms with Crippen LogP contribution in [0.25, 0.3) is 6.08 Å². The number of rotatable bonds is 10. The highest BCUT2D eigenvalue weighted by Crippen LogP contribution is 2.27. The van der Waals surface area contributed by atoms with E-state index in [9.17, 15) is 4.79 Å². The number of carbonyl (C=O) groups is 1. The summed E-state index contributed by atoms with van der Waals surface area (Å²) in [5, 5.41) is 2.90. The number of hydrogen-bond donors (Lipinski definition) is 1. The van der Waals surface area contributed by atoms with E-state index in [1.54, 1.807) is 26.4 Å². The predicted octanol–water partition coefficient (Wildman–Crippen LogP) is 2.57. The Hall–Kier alpha value is -2.01. The SMILES string of the molecule is CCN(CC)CCCNC(=O)/C=C/c1ccc(OC)c(OC)c1. The zero-order chi connectivity index (χ0) is 17.1. The maximum absolute atomic E-state index is 11.8. The van der Waals surface area contributed by atoms with Gasteiger partial charge in [0.15, 0.2) is 11.5 Å². The fourth-order valence-corrected chi connectivity index (χ4v) is 2.24. The van der Waals surface area contributed by atoms with Gasteiger partial charge in [-0.05, 0) is 49.8 Å². The van der Waals surface area contributed by atoms with Crippen LogP contribution in [-0.4, -0.2) is 51.2 Å². The van der Waals surface area contributed by atoms with E-state index in [1.807, 2.05) is 18.2 Å². The van der Waals surface area contributed by atoms with E-state index >= 15 is 0 Å². The molecule has 0 atom stereocenters.